The SMILES string of the molecule is Cc1cc(OC(C)(C)C(=O)N2CCC[C@]3(CCC[C@H]3O)C2)cc(C)c1Cl. The predicted molar refractivity (Wildman–Crippen MR) is 104 cm³/mol. The molecule has 1 heterocycles. The molecule has 1 aromatic carbocycles. The van der Waals surface area contributed by atoms with Crippen LogP contribution in [0.2, 0.25) is 5.02 Å². The molecule has 1 N–H and O–H groups in total. The van der Waals surface area contributed by atoms with E-state index in [0.717, 1.165) is 54.8 Å². The molecule has 0 bridgehead atoms. The van der Waals surface area contributed by atoms with Crippen molar-refractivity contribution in [1.82, 2.24) is 4.90 Å². The van der Waals surface area contributed by atoms with Crippen molar-refractivity contribution < 1.29 is 14.6 Å². The second-order valence-electron chi connectivity index (χ2n) is 8.58. The molecule has 3 rings (SSSR count). The Morgan fingerprint density at radius 1 is 1.27 bits per heavy atom. The molecular formula is C21H30ClNO3. The molecule has 1 saturated heterocycles. The number of hydrogen-bond acceptors (Lipinski definition) is 3. The summed E-state index contributed by atoms with van der Waals surface area (Å²) in [4.78, 5) is 15.1. The third-order valence-corrected chi connectivity index (χ3v) is 6.65. The lowest BCUT2D eigenvalue weighted by atomic mass is 9.76. The van der Waals surface area contributed by atoms with Crippen molar-refractivity contribution in [3.8, 4) is 5.75 Å². The van der Waals surface area contributed by atoms with Crippen LogP contribution in [0, 0.1) is 19.3 Å². The van der Waals surface area contributed by atoms with Gasteiger partial charge in [0, 0.05) is 23.5 Å². The molecule has 1 spiro atoms. The van der Waals surface area contributed by atoms with Gasteiger partial charge >= 0.3 is 0 Å². The highest BCUT2D eigenvalue weighted by atomic mass is 35.5. The lowest BCUT2D eigenvalue weighted by Gasteiger charge is -2.44. The van der Waals surface area contributed by atoms with Crippen LogP contribution in [0.1, 0.15) is 57.1 Å². The number of nitrogens with zero attached hydrogens (tertiary/aromatic N) is 1. The van der Waals surface area contributed by atoms with Crippen molar-refractivity contribution in [2.45, 2.75) is 71.5 Å². The number of hydrogen-bond donors (Lipinski definition) is 1. The molecule has 4 nitrogen and oxygen atoms in total. The Labute approximate surface area is 161 Å². The highest BCUT2D eigenvalue weighted by molar-refractivity contribution is 6.32. The summed E-state index contributed by atoms with van der Waals surface area (Å²) in [6.07, 6.45) is 4.57. The molecule has 0 aromatic heterocycles. The molecule has 26 heavy (non-hydrogen) atoms. The lowest BCUT2D eigenvalue weighted by Crippen LogP contribution is -2.56. The molecule has 0 unspecified atom stereocenters. The number of carbonyl (C=O) groups is 1. The fourth-order valence-corrected chi connectivity index (χ4v) is 4.72. The molecule has 1 aliphatic heterocycles. The molecule has 0 radical (unpaired) electrons. The van der Waals surface area contributed by atoms with E-state index in [1.165, 1.54) is 0 Å². The van der Waals surface area contributed by atoms with Crippen LogP contribution in [0.3, 0.4) is 0 Å². The van der Waals surface area contributed by atoms with Gasteiger partial charge in [-0.05, 0) is 76.6 Å². The number of likely N-dealkylation sites (tertiary alicyclic amines) is 1. The lowest BCUT2D eigenvalue weighted by molar-refractivity contribution is -0.150. The minimum absolute atomic E-state index is 0.0130. The summed E-state index contributed by atoms with van der Waals surface area (Å²) in [5.41, 5.74) is 0.804. The molecule has 1 aromatic rings. The largest absolute Gasteiger partial charge is 0.478 e. The van der Waals surface area contributed by atoms with Crippen LogP contribution in [0.5, 0.6) is 5.75 Å². The van der Waals surface area contributed by atoms with Gasteiger partial charge in [-0.1, -0.05) is 18.0 Å². The normalized spacial score (nSPS) is 26.4. The average molecular weight is 380 g/mol. The second-order valence-corrected chi connectivity index (χ2v) is 8.96. The van der Waals surface area contributed by atoms with E-state index in [1.807, 2.05) is 44.7 Å². The number of aliphatic hydroxyl groups is 1. The van der Waals surface area contributed by atoms with Crippen LogP contribution in [0.25, 0.3) is 0 Å². The molecule has 5 heteroatoms. The minimum atomic E-state index is -0.963. The Morgan fingerprint density at radius 3 is 2.46 bits per heavy atom. The zero-order valence-corrected chi connectivity index (χ0v) is 17.0. The zero-order chi connectivity index (χ0) is 19.1. The second kappa shape index (κ2) is 7.05. The van der Waals surface area contributed by atoms with Crippen LogP contribution in [-0.4, -0.2) is 40.7 Å². The van der Waals surface area contributed by atoms with Gasteiger partial charge in [-0.25, -0.2) is 0 Å². The van der Waals surface area contributed by atoms with Crippen molar-refractivity contribution >= 4 is 17.5 Å². The number of amides is 1. The molecule has 2 aliphatic rings. The van der Waals surface area contributed by atoms with Crippen LogP contribution in [0.4, 0.5) is 0 Å². The van der Waals surface area contributed by atoms with E-state index < -0.39 is 5.60 Å². The topological polar surface area (TPSA) is 49.8 Å². The number of ether oxygens (including phenoxy) is 1. The van der Waals surface area contributed by atoms with Crippen molar-refractivity contribution in [1.29, 1.82) is 0 Å². The summed E-state index contributed by atoms with van der Waals surface area (Å²) in [6, 6.07) is 3.76. The van der Waals surface area contributed by atoms with Gasteiger partial charge in [-0.2, -0.15) is 0 Å². The summed E-state index contributed by atoms with van der Waals surface area (Å²) >= 11 is 6.23. The fraction of sp³-hybridized carbons (Fsp3) is 0.667. The number of halogens is 1. The average Bonchev–Trinajstić information content (AvgIpc) is 2.91. The summed E-state index contributed by atoms with van der Waals surface area (Å²) in [7, 11) is 0. The Kier molecular flexibility index (Phi) is 5.28. The Balaban J connectivity index is 1.75. The quantitative estimate of drug-likeness (QED) is 0.853. The Bertz CT molecular complexity index is 679. The first-order chi connectivity index (χ1) is 12.1. The smallest absolute Gasteiger partial charge is 0.266 e. The van der Waals surface area contributed by atoms with Gasteiger partial charge in [-0.3, -0.25) is 4.79 Å². The van der Waals surface area contributed by atoms with Crippen LogP contribution in [-0.2, 0) is 4.79 Å². The van der Waals surface area contributed by atoms with Crippen LogP contribution >= 0.6 is 11.6 Å². The molecular weight excluding hydrogens is 350 g/mol. The van der Waals surface area contributed by atoms with Crippen LogP contribution in [0.15, 0.2) is 12.1 Å². The number of benzene rings is 1. The number of carbonyl (C=O) groups excluding carboxylic acids is 1. The van der Waals surface area contributed by atoms with Crippen molar-refractivity contribution in [3.63, 3.8) is 0 Å². The molecule has 144 valence electrons. The molecule has 1 amide bonds. The Hall–Kier alpha value is -1.26. The van der Waals surface area contributed by atoms with Gasteiger partial charge in [-0.15, -0.1) is 0 Å². The van der Waals surface area contributed by atoms with Crippen molar-refractivity contribution in [3.05, 3.63) is 28.3 Å². The predicted octanol–water partition coefficient (Wildman–Crippen LogP) is 4.27. The number of aryl methyl sites for hydroxylation is 2. The standard InChI is InChI=1S/C21H30ClNO3/c1-14-11-16(12-15(2)18(14)22)26-20(3,4)19(25)23-10-6-9-21(13-23)8-5-7-17(21)24/h11-12,17,24H,5-10,13H2,1-4H3/t17-,21-/m1/s1. The summed E-state index contributed by atoms with van der Waals surface area (Å²) in [6.45, 7) is 8.89. The first-order valence-corrected chi connectivity index (χ1v) is 9.96. The first-order valence-electron chi connectivity index (χ1n) is 9.58. The minimum Gasteiger partial charge on any atom is -0.478 e. The van der Waals surface area contributed by atoms with Crippen LogP contribution < -0.4 is 4.74 Å². The summed E-state index contributed by atoms with van der Waals surface area (Å²) in [5.74, 6) is 0.649. The third kappa shape index (κ3) is 3.59. The van der Waals surface area contributed by atoms with Gasteiger partial charge in [0.15, 0.2) is 5.60 Å². The van der Waals surface area contributed by atoms with Gasteiger partial charge in [0.25, 0.3) is 5.91 Å². The van der Waals surface area contributed by atoms with E-state index >= 15 is 0 Å². The van der Waals surface area contributed by atoms with E-state index in [9.17, 15) is 9.90 Å². The molecule has 1 aliphatic carbocycles. The number of rotatable bonds is 3. The van der Waals surface area contributed by atoms with Gasteiger partial charge in [0.1, 0.15) is 5.75 Å². The van der Waals surface area contributed by atoms with E-state index in [-0.39, 0.29) is 17.4 Å². The molecule has 2 atom stereocenters. The zero-order valence-electron chi connectivity index (χ0n) is 16.3. The molecule has 2 fully saturated rings. The van der Waals surface area contributed by atoms with Crippen molar-refractivity contribution in [2.75, 3.05) is 13.1 Å². The fourth-order valence-electron chi connectivity index (χ4n) is 4.61. The maximum absolute atomic E-state index is 13.2. The monoisotopic (exact) mass is 379 g/mol. The highest BCUT2D eigenvalue weighted by Gasteiger charge is 2.47. The van der Waals surface area contributed by atoms with E-state index in [2.05, 4.69) is 0 Å². The van der Waals surface area contributed by atoms with Gasteiger partial charge in [0.2, 0.25) is 0 Å². The highest BCUT2D eigenvalue weighted by Crippen LogP contribution is 2.45. The summed E-state index contributed by atoms with van der Waals surface area (Å²) < 4.78 is 6.10. The third-order valence-electron chi connectivity index (χ3n) is 6.05. The number of aliphatic hydroxyl groups excluding tert-OH is 1. The first kappa shape index (κ1) is 19.5. The number of piperidine rings is 1. The molecule has 1 saturated carbocycles. The maximum atomic E-state index is 13.2. The van der Waals surface area contributed by atoms with E-state index in [4.69, 9.17) is 16.3 Å². The van der Waals surface area contributed by atoms with Gasteiger partial charge in [0.05, 0.1) is 6.10 Å². The van der Waals surface area contributed by atoms with E-state index in [1.54, 1.807) is 0 Å². The maximum Gasteiger partial charge on any atom is 0.266 e. The van der Waals surface area contributed by atoms with E-state index in [0.29, 0.717) is 12.3 Å². The summed E-state index contributed by atoms with van der Waals surface area (Å²) in [5, 5.41) is 11.2. The van der Waals surface area contributed by atoms with Gasteiger partial charge < -0.3 is 14.7 Å². The Morgan fingerprint density at radius 2 is 1.88 bits per heavy atom. The van der Waals surface area contributed by atoms with Crippen molar-refractivity contribution in [2.24, 2.45) is 5.41 Å².